The summed E-state index contributed by atoms with van der Waals surface area (Å²) in [6.07, 6.45) is 7.77. The molecule has 3 aromatic heterocycles. The molecule has 0 radical (unpaired) electrons. The SMILES string of the molecule is CC(C)(C)c1ccnc(-n2c3[c-]c(Oc4[c-]c(-n5[c-][n+](-c6ccc(-c7ccccc7)cc6-c6ccccc6)cc5C(C)(C)C)ccc4)ccc3c3ccccc32)c1.[Pt]. The number of nitrogens with zero attached hydrogens (tertiary/aromatic N) is 4. The van der Waals surface area contributed by atoms with Crippen LogP contribution in [0.3, 0.4) is 0 Å². The van der Waals surface area contributed by atoms with Crippen molar-refractivity contribution < 1.29 is 30.4 Å². The average molecular weight is 936 g/mol. The monoisotopic (exact) mass is 935 g/mol. The van der Waals surface area contributed by atoms with Gasteiger partial charge in [0.1, 0.15) is 5.82 Å². The van der Waals surface area contributed by atoms with Gasteiger partial charge in [-0.25, -0.2) is 4.98 Å². The molecule has 0 unspecified atom stereocenters. The number of benzene rings is 6. The van der Waals surface area contributed by atoms with Gasteiger partial charge in [0, 0.05) is 50.5 Å². The Bertz CT molecular complexity index is 2900. The molecule has 0 spiro atoms. The number of hydrogen-bond acceptors (Lipinski definition) is 2. The molecule has 0 aliphatic rings. The standard InChI is InChI=1S/C52H44N4O.Pt/c1-51(2,3)39-28-29-53-50(31-39)56-47-23-14-13-22-43(47)44-26-25-42(33-48(44)56)57-41-21-15-20-40(32-41)55-35-54(34-49(55)52(4,5)6)46-27-24-38(36-16-9-7-10-17-36)30-45(46)37-18-11-8-12-19-37;/h7-31,34H,1-6H3;/q-2;. The maximum Gasteiger partial charge on any atom is 0.267 e. The fraction of sp³-hybridized carbons (Fsp3) is 0.154. The second-order valence-corrected chi connectivity index (χ2v) is 16.6. The van der Waals surface area contributed by atoms with Crippen molar-refractivity contribution in [3.05, 3.63) is 188 Å². The van der Waals surface area contributed by atoms with Gasteiger partial charge in [0.05, 0.1) is 11.4 Å². The zero-order valence-corrected chi connectivity index (χ0v) is 35.8. The van der Waals surface area contributed by atoms with Crippen molar-refractivity contribution in [2.45, 2.75) is 52.4 Å². The summed E-state index contributed by atoms with van der Waals surface area (Å²) in [4.78, 5) is 4.83. The van der Waals surface area contributed by atoms with Crippen LogP contribution in [-0.2, 0) is 31.9 Å². The van der Waals surface area contributed by atoms with Gasteiger partial charge in [-0.05, 0) is 80.1 Å². The van der Waals surface area contributed by atoms with E-state index in [4.69, 9.17) is 9.72 Å². The zero-order valence-electron chi connectivity index (χ0n) is 33.5. The predicted molar refractivity (Wildman–Crippen MR) is 231 cm³/mol. The number of aromatic nitrogens is 4. The summed E-state index contributed by atoms with van der Waals surface area (Å²) in [5, 5.41) is 2.23. The van der Waals surface area contributed by atoms with E-state index in [2.05, 4.69) is 207 Å². The Kier molecular flexibility index (Phi) is 10.3. The van der Waals surface area contributed by atoms with Crippen molar-refractivity contribution in [3.63, 3.8) is 0 Å². The van der Waals surface area contributed by atoms with Gasteiger partial charge < -0.3 is 13.9 Å². The number of pyridine rings is 1. The molecule has 3 heterocycles. The Labute approximate surface area is 355 Å². The van der Waals surface area contributed by atoms with Crippen molar-refractivity contribution in [2.24, 2.45) is 0 Å². The molecule has 9 aromatic rings. The van der Waals surface area contributed by atoms with Gasteiger partial charge in [-0.2, -0.15) is 18.2 Å². The van der Waals surface area contributed by atoms with Gasteiger partial charge in [-0.15, -0.1) is 29.7 Å². The quantitative estimate of drug-likeness (QED) is 0.118. The summed E-state index contributed by atoms with van der Waals surface area (Å²) in [7, 11) is 0. The molecular formula is C52H44N4OPt-2. The molecule has 58 heavy (non-hydrogen) atoms. The molecule has 0 N–H and O–H groups in total. The number of para-hydroxylation sites is 1. The van der Waals surface area contributed by atoms with Gasteiger partial charge in [0.25, 0.3) is 6.33 Å². The second-order valence-electron chi connectivity index (χ2n) is 16.6. The Hall–Kier alpha value is -6.03. The van der Waals surface area contributed by atoms with Gasteiger partial charge in [0.2, 0.25) is 0 Å². The molecule has 0 amide bonds. The largest absolute Gasteiger partial charge is 0.510 e. The molecular weight excluding hydrogens is 892 g/mol. The van der Waals surface area contributed by atoms with Gasteiger partial charge >= 0.3 is 0 Å². The first kappa shape index (κ1) is 38.8. The van der Waals surface area contributed by atoms with E-state index in [0.717, 1.165) is 61.4 Å². The minimum absolute atomic E-state index is 0. The van der Waals surface area contributed by atoms with Crippen LogP contribution in [0.4, 0.5) is 0 Å². The molecule has 0 saturated carbocycles. The van der Waals surface area contributed by atoms with Crippen LogP contribution < -0.4 is 9.30 Å². The minimum atomic E-state index is -0.200. The van der Waals surface area contributed by atoms with Crippen LogP contribution in [0, 0.1) is 18.5 Å². The van der Waals surface area contributed by atoms with Crippen LogP contribution in [0.25, 0.3) is 61.3 Å². The van der Waals surface area contributed by atoms with Crippen LogP contribution in [0.5, 0.6) is 11.5 Å². The molecule has 0 bridgehead atoms. The molecule has 9 rings (SSSR count). The minimum Gasteiger partial charge on any atom is -0.510 e. The van der Waals surface area contributed by atoms with E-state index in [0.29, 0.717) is 11.5 Å². The third-order valence-corrected chi connectivity index (χ3v) is 10.5. The predicted octanol–water partition coefficient (Wildman–Crippen LogP) is 12.4. The summed E-state index contributed by atoms with van der Waals surface area (Å²) in [6, 6.07) is 57.7. The Morgan fingerprint density at radius 2 is 1.31 bits per heavy atom. The molecule has 0 aliphatic carbocycles. The van der Waals surface area contributed by atoms with Crippen molar-refractivity contribution in [2.75, 3.05) is 0 Å². The van der Waals surface area contributed by atoms with Crippen LogP contribution in [0.1, 0.15) is 52.8 Å². The van der Waals surface area contributed by atoms with E-state index < -0.39 is 0 Å². The van der Waals surface area contributed by atoms with E-state index >= 15 is 0 Å². The van der Waals surface area contributed by atoms with Gasteiger partial charge in [0.15, 0.2) is 0 Å². The smallest absolute Gasteiger partial charge is 0.267 e. The molecule has 0 atom stereocenters. The van der Waals surface area contributed by atoms with Gasteiger partial charge in [-0.3, -0.25) is 4.57 Å². The average Bonchev–Trinajstić information content (AvgIpc) is 3.82. The molecule has 290 valence electrons. The summed E-state index contributed by atoms with van der Waals surface area (Å²) >= 11 is 0. The van der Waals surface area contributed by atoms with Crippen molar-refractivity contribution in [1.29, 1.82) is 0 Å². The van der Waals surface area contributed by atoms with Crippen molar-refractivity contribution in [1.82, 2.24) is 14.1 Å². The first-order valence-corrected chi connectivity index (χ1v) is 19.5. The summed E-state index contributed by atoms with van der Waals surface area (Å²) in [5.41, 5.74) is 10.6. The van der Waals surface area contributed by atoms with E-state index in [-0.39, 0.29) is 31.9 Å². The van der Waals surface area contributed by atoms with Crippen LogP contribution in [0.2, 0.25) is 0 Å². The zero-order chi connectivity index (χ0) is 39.3. The van der Waals surface area contributed by atoms with Crippen molar-refractivity contribution in [3.8, 4) is 50.9 Å². The topological polar surface area (TPSA) is 35.9 Å². The van der Waals surface area contributed by atoms with E-state index in [9.17, 15) is 0 Å². The molecule has 5 nitrogen and oxygen atoms in total. The normalized spacial score (nSPS) is 11.8. The van der Waals surface area contributed by atoms with E-state index in [1.807, 2.05) is 24.4 Å². The third-order valence-electron chi connectivity index (χ3n) is 10.5. The number of hydrogen-bond donors (Lipinski definition) is 0. The first-order chi connectivity index (χ1) is 27.5. The maximum atomic E-state index is 6.58. The van der Waals surface area contributed by atoms with Crippen LogP contribution in [-0.4, -0.2) is 14.1 Å². The fourth-order valence-electron chi connectivity index (χ4n) is 7.54. The van der Waals surface area contributed by atoms with Crippen LogP contribution in [0.15, 0.2) is 158 Å². The molecule has 6 heteroatoms. The molecule has 0 saturated heterocycles. The van der Waals surface area contributed by atoms with E-state index in [1.54, 1.807) is 0 Å². The summed E-state index contributed by atoms with van der Waals surface area (Å²) in [5.74, 6) is 2.04. The summed E-state index contributed by atoms with van der Waals surface area (Å²) < 4.78 is 13.0. The second kappa shape index (κ2) is 15.4. The van der Waals surface area contributed by atoms with Crippen LogP contribution >= 0.6 is 0 Å². The number of ether oxygens (including phenoxy) is 1. The molecule has 6 aromatic carbocycles. The first-order valence-electron chi connectivity index (χ1n) is 19.5. The van der Waals surface area contributed by atoms with E-state index in [1.165, 1.54) is 11.1 Å². The molecule has 0 fully saturated rings. The molecule has 0 aliphatic heterocycles. The summed E-state index contributed by atoms with van der Waals surface area (Å²) in [6.45, 7) is 13.3. The van der Waals surface area contributed by atoms with Crippen molar-refractivity contribution >= 4 is 21.8 Å². The maximum absolute atomic E-state index is 6.58. The number of fused-ring (bicyclic) bond motifs is 3. The Morgan fingerprint density at radius 3 is 2.05 bits per heavy atom. The fourth-order valence-corrected chi connectivity index (χ4v) is 7.54. The third kappa shape index (κ3) is 7.43. The number of rotatable bonds is 7. The number of imidazole rings is 1. The van der Waals surface area contributed by atoms with Gasteiger partial charge in [-0.1, -0.05) is 132 Å². The Balaban J connectivity index is 0.00000469. The Morgan fingerprint density at radius 1 is 0.603 bits per heavy atom.